The first-order valence-electron chi connectivity index (χ1n) is 9.47. The summed E-state index contributed by atoms with van der Waals surface area (Å²) in [6, 6.07) is 11.6. The van der Waals surface area contributed by atoms with Gasteiger partial charge in [-0.15, -0.1) is 0 Å². The van der Waals surface area contributed by atoms with Crippen LogP contribution < -0.4 is 20.7 Å². The van der Waals surface area contributed by atoms with E-state index >= 15 is 0 Å². The molecule has 0 radical (unpaired) electrons. The first-order chi connectivity index (χ1) is 14.9. The Morgan fingerprint density at radius 1 is 1.06 bits per heavy atom. The number of cyclic esters (lactones) is 1. The molecule has 1 aliphatic heterocycles. The molecule has 0 fully saturated rings. The summed E-state index contributed by atoms with van der Waals surface area (Å²) in [5.74, 6) is -0.831. The Morgan fingerprint density at radius 2 is 1.77 bits per heavy atom. The number of fused-ring (bicyclic) bond motifs is 1. The number of carbonyl (C=O) groups is 1. The molecular weight excluding hydrogens is 404 g/mol. The Kier molecular flexibility index (Phi) is 5.02. The second-order valence-corrected chi connectivity index (χ2v) is 7.00. The van der Waals surface area contributed by atoms with Gasteiger partial charge in [-0.25, -0.2) is 9.59 Å². The molecule has 0 spiro atoms. The molecule has 0 bridgehead atoms. The SMILES string of the molecule is COc1ccc2c(c1OC)C(=O)O[C@H]2c1c(O)n([C@H](C)c2ccccc2)c(=O)[nH]c1=O. The van der Waals surface area contributed by atoms with E-state index in [-0.39, 0.29) is 16.9 Å². The van der Waals surface area contributed by atoms with Crippen molar-refractivity contribution in [1.82, 2.24) is 9.55 Å². The van der Waals surface area contributed by atoms with Crippen molar-refractivity contribution in [1.29, 1.82) is 0 Å². The fraction of sp³-hybridized carbons (Fsp3) is 0.227. The first kappa shape index (κ1) is 20.3. The van der Waals surface area contributed by atoms with Crippen molar-refractivity contribution in [3.05, 3.63) is 85.6 Å². The Labute approximate surface area is 176 Å². The van der Waals surface area contributed by atoms with Gasteiger partial charge in [-0.05, 0) is 18.6 Å². The largest absolute Gasteiger partial charge is 0.494 e. The summed E-state index contributed by atoms with van der Waals surface area (Å²) in [6.45, 7) is 1.71. The van der Waals surface area contributed by atoms with Crippen LogP contribution in [0.2, 0.25) is 0 Å². The zero-order valence-electron chi connectivity index (χ0n) is 17.0. The summed E-state index contributed by atoms with van der Waals surface area (Å²) in [7, 11) is 2.81. The van der Waals surface area contributed by atoms with Crippen molar-refractivity contribution in [2.24, 2.45) is 0 Å². The molecule has 9 nitrogen and oxygen atoms in total. The number of aromatic amines is 1. The van der Waals surface area contributed by atoms with Gasteiger partial charge in [-0.3, -0.25) is 14.3 Å². The summed E-state index contributed by atoms with van der Waals surface area (Å²) < 4.78 is 17.0. The first-order valence-corrected chi connectivity index (χ1v) is 9.47. The van der Waals surface area contributed by atoms with Crippen LogP contribution in [0.1, 0.15) is 46.1 Å². The molecule has 0 amide bonds. The van der Waals surface area contributed by atoms with E-state index in [4.69, 9.17) is 14.2 Å². The molecule has 0 unspecified atom stereocenters. The third-order valence-electron chi connectivity index (χ3n) is 5.37. The van der Waals surface area contributed by atoms with Gasteiger partial charge in [0.2, 0.25) is 5.88 Å². The summed E-state index contributed by atoms with van der Waals surface area (Å²) in [5, 5.41) is 11.0. The predicted octanol–water partition coefficient (Wildman–Crippen LogP) is 2.13. The van der Waals surface area contributed by atoms with E-state index in [0.717, 1.165) is 10.1 Å². The van der Waals surface area contributed by atoms with Gasteiger partial charge in [0, 0.05) is 5.56 Å². The monoisotopic (exact) mass is 424 g/mol. The van der Waals surface area contributed by atoms with Crippen molar-refractivity contribution < 1.29 is 24.1 Å². The molecule has 0 saturated heterocycles. The van der Waals surface area contributed by atoms with E-state index in [9.17, 15) is 19.5 Å². The number of ether oxygens (including phenoxy) is 3. The molecule has 2 heterocycles. The minimum Gasteiger partial charge on any atom is -0.494 e. The van der Waals surface area contributed by atoms with Gasteiger partial charge in [0.05, 0.1) is 20.3 Å². The number of aromatic hydroxyl groups is 1. The molecule has 2 aromatic carbocycles. The van der Waals surface area contributed by atoms with Crippen molar-refractivity contribution in [3.8, 4) is 17.4 Å². The van der Waals surface area contributed by atoms with Crippen LogP contribution in [0.3, 0.4) is 0 Å². The molecule has 3 aromatic rings. The average Bonchev–Trinajstić information content (AvgIpc) is 3.09. The molecule has 1 aromatic heterocycles. The highest BCUT2D eigenvalue weighted by Crippen LogP contribution is 2.45. The number of benzene rings is 2. The lowest BCUT2D eigenvalue weighted by Gasteiger charge is -2.20. The summed E-state index contributed by atoms with van der Waals surface area (Å²) in [5.41, 5.74) is -0.714. The van der Waals surface area contributed by atoms with Crippen LogP contribution in [-0.4, -0.2) is 34.8 Å². The van der Waals surface area contributed by atoms with Crippen LogP contribution in [0.25, 0.3) is 0 Å². The van der Waals surface area contributed by atoms with Crippen LogP contribution in [0.15, 0.2) is 52.1 Å². The summed E-state index contributed by atoms with van der Waals surface area (Å²) in [6.07, 6.45) is -1.22. The van der Waals surface area contributed by atoms with E-state index in [1.165, 1.54) is 14.2 Å². The fourth-order valence-electron chi connectivity index (χ4n) is 3.84. The number of nitrogens with one attached hydrogen (secondary N) is 1. The highest BCUT2D eigenvalue weighted by atomic mass is 16.6. The number of esters is 1. The number of carbonyl (C=O) groups excluding carboxylic acids is 1. The number of hydrogen-bond donors (Lipinski definition) is 2. The maximum Gasteiger partial charge on any atom is 0.343 e. The highest BCUT2D eigenvalue weighted by molar-refractivity contribution is 5.98. The average molecular weight is 424 g/mol. The zero-order valence-corrected chi connectivity index (χ0v) is 17.0. The fourth-order valence-corrected chi connectivity index (χ4v) is 3.84. The lowest BCUT2D eigenvalue weighted by atomic mass is 9.99. The number of nitrogens with zero attached hydrogens (tertiary/aromatic N) is 1. The third-order valence-corrected chi connectivity index (χ3v) is 5.37. The maximum atomic E-state index is 12.7. The Hall–Kier alpha value is -4.01. The molecule has 31 heavy (non-hydrogen) atoms. The van der Waals surface area contributed by atoms with Crippen LogP contribution in [-0.2, 0) is 4.74 Å². The Bertz CT molecular complexity index is 1280. The Balaban J connectivity index is 1.91. The molecule has 2 N–H and O–H groups in total. The van der Waals surface area contributed by atoms with Gasteiger partial charge in [-0.1, -0.05) is 36.4 Å². The highest BCUT2D eigenvalue weighted by Gasteiger charge is 2.40. The molecule has 0 saturated carbocycles. The smallest absolute Gasteiger partial charge is 0.343 e. The second-order valence-electron chi connectivity index (χ2n) is 7.00. The molecule has 1 aliphatic rings. The third kappa shape index (κ3) is 3.14. The quantitative estimate of drug-likeness (QED) is 0.602. The predicted molar refractivity (Wildman–Crippen MR) is 110 cm³/mol. The lowest BCUT2D eigenvalue weighted by molar-refractivity contribution is 0.0446. The molecule has 0 aliphatic carbocycles. The number of H-pyrrole nitrogens is 1. The number of methoxy groups -OCH3 is 2. The number of aromatic nitrogens is 2. The van der Waals surface area contributed by atoms with Crippen molar-refractivity contribution in [3.63, 3.8) is 0 Å². The topological polar surface area (TPSA) is 120 Å². The van der Waals surface area contributed by atoms with Gasteiger partial charge in [0.1, 0.15) is 11.1 Å². The van der Waals surface area contributed by atoms with Gasteiger partial charge in [-0.2, -0.15) is 0 Å². The van der Waals surface area contributed by atoms with Crippen LogP contribution in [0, 0.1) is 0 Å². The molecular formula is C22H20N2O7. The minimum atomic E-state index is -1.22. The van der Waals surface area contributed by atoms with Crippen molar-refractivity contribution >= 4 is 5.97 Å². The molecule has 160 valence electrons. The number of hydrogen-bond acceptors (Lipinski definition) is 7. The van der Waals surface area contributed by atoms with Crippen LogP contribution in [0.5, 0.6) is 17.4 Å². The summed E-state index contributed by atoms with van der Waals surface area (Å²) in [4.78, 5) is 40.0. The van der Waals surface area contributed by atoms with Crippen molar-refractivity contribution in [2.45, 2.75) is 19.1 Å². The summed E-state index contributed by atoms with van der Waals surface area (Å²) >= 11 is 0. The minimum absolute atomic E-state index is 0.0968. The van der Waals surface area contributed by atoms with E-state index in [2.05, 4.69) is 4.98 Å². The van der Waals surface area contributed by atoms with Crippen LogP contribution in [0.4, 0.5) is 0 Å². The number of rotatable bonds is 5. The van der Waals surface area contributed by atoms with E-state index in [1.807, 2.05) is 6.07 Å². The Morgan fingerprint density at radius 3 is 2.42 bits per heavy atom. The van der Waals surface area contributed by atoms with Gasteiger partial charge in [0.25, 0.3) is 5.56 Å². The normalized spacial score (nSPS) is 15.8. The van der Waals surface area contributed by atoms with Crippen molar-refractivity contribution in [2.75, 3.05) is 14.2 Å². The molecule has 2 atom stereocenters. The zero-order chi connectivity index (χ0) is 22.3. The molecule has 4 rings (SSSR count). The van der Waals surface area contributed by atoms with Gasteiger partial charge < -0.3 is 19.3 Å². The molecule has 9 heteroatoms. The van der Waals surface area contributed by atoms with E-state index in [0.29, 0.717) is 11.3 Å². The standard InChI is InChI=1S/C22H20N2O7/c1-11(12-7-5-4-6-8-12)24-20(26)16(19(25)23-22(24)28)17-13-9-10-14(29-2)18(30-3)15(13)21(27)31-17/h4-11,17,26H,1-3H3,(H,23,25,28)/t11-,17-/m1/s1. The second kappa shape index (κ2) is 7.67. The van der Waals surface area contributed by atoms with E-state index in [1.54, 1.807) is 43.3 Å². The van der Waals surface area contributed by atoms with Gasteiger partial charge in [0.15, 0.2) is 17.6 Å². The van der Waals surface area contributed by atoms with Gasteiger partial charge >= 0.3 is 11.7 Å². The van der Waals surface area contributed by atoms with E-state index < -0.39 is 35.2 Å². The maximum absolute atomic E-state index is 12.7. The lowest BCUT2D eigenvalue weighted by Crippen LogP contribution is -2.35. The van der Waals surface area contributed by atoms with Crippen LogP contribution >= 0.6 is 0 Å².